The molecule has 6 heteroatoms. The topological polar surface area (TPSA) is 36.9 Å². The van der Waals surface area contributed by atoms with E-state index in [1.165, 1.54) is 0 Å². The molecule has 0 saturated carbocycles. The highest BCUT2D eigenvalue weighted by Crippen LogP contribution is 2.13. The van der Waals surface area contributed by atoms with Crippen LogP contribution in [-0.4, -0.2) is 44.7 Å². The minimum absolute atomic E-state index is 0. The Hall–Kier alpha value is -0.530. The molecule has 21 heavy (non-hydrogen) atoms. The van der Waals surface area contributed by atoms with Gasteiger partial charge < -0.3 is 15.0 Å². The van der Waals surface area contributed by atoms with Crippen molar-refractivity contribution in [1.82, 2.24) is 10.2 Å². The molecule has 0 aromatic heterocycles. The van der Waals surface area contributed by atoms with Crippen LogP contribution in [0.1, 0.15) is 12.0 Å². The van der Waals surface area contributed by atoms with Crippen LogP contribution in [0, 0.1) is 5.92 Å². The third kappa shape index (κ3) is 6.00. The van der Waals surface area contributed by atoms with E-state index >= 15 is 0 Å². The van der Waals surface area contributed by atoms with Crippen LogP contribution in [0.2, 0.25) is 5.02 Å². The molecule has 118 valence electrons. The highest BCUT2D eigenvalue weighted by atomic mass is 127. The second-order valence-corrected chi connectivity index (χ2v) is 5.58. The van der Waals surface area contributed by atoms with Crippen LogP contribution in [0.25, 0.3) is 0 Å². The Morgan fingerprint density at radius 2 is 2.33 bits per heavy atom. The van der Waals surface area contributed by atoms with Gasteiger partial charge in [-0.05, 0) is 24.1 Å². The Kier molecular flexibility index (Phi) is 8.36. The Morgan fingerprint density at radius 1 is 1.52 bits per heavy atom. The van der Waals surface area contributed by atoms with Gasteiger partial charge in [-0.25, -0.2) is 0 Å². The summed E-state index contributed by atoms with van der Waals surface area (Å²) in [7, 11) is 3.87. The van der Waals surface area contributed by atoms with Gasteiger partial charge in [0.2, 0.25) is 0 Å². The van der Waals surface area contributed by atoms with E-state index in [-0.39, 0.29) is 24.0 Å². The number of aliphatic imine (C=N–C) groups is 1. The number of hydrogen-bond donors (Lipinski definition) is 1. The minimum Gasteiger partial charge on any atom is -0.381 e. The number of hydrogen-bond acceptors (Lipinski definition) is 2. The summed E-state index contributed by atoms with van der Waals surface area (Å²) in [5.74, 6) is 1.50. The largest absolute Gasteiger partial charge is 0.381 e. The van der Waals surface area contributed by atoms with Gasteiger partial charge in [-0.2, -0.15) is 0 Å². The van der Waals surface area contributed by atoms with Crippen LogP contribution in [0.5, 0.6) is 0 Å². The summed E-state index contributed by atoms with van der Waals surface area (Å²) in [6.07, 6.45) is 1.13. The first-order valence-corrected chi connectivity index (χ1v) is 7.31. The maximum atomic E-state index is 5.99. The van der Waals surface area contributed by atoms with Crippen molar-refractivity contribution in [2.45, 2.75) is 13.0 Å². The molecule has 1 heterocycles. The average Bonchev–Trinajstić information content (AvgIpc) is 2.92. The predicted octanol–water partition coefficient (Wildman–Crippen LogP) is 3.00. The molecule has 0 spiro atoms. The molecule has 1 fully saturated rings. The van der Waals surface area contributed by atoms with E-state index in [4.69, 9.17) is 16.3 Å². The van der Waals surface area contributed by atoms with Crippen LogP contribution in [0.4, 0.5) is 0 Å². The zero-order valence-corrected chi connectivity index (χ0v) is 15.6. The molecule has 1 saturated heterocycles. The molecule has 4 nitrogen and oxygen atoms in total. The van der Waals surface area contributed by atoms with E-state index in [0.717, 1.165) is 49.3 Å². The van der Waals surface area contributed by atoms with Crippen molar-refractivity contribution < 1.29 is 4.74 Å². The molecule has 0 radical (unpaired) electrons. The van der Waals surface area contributed by atoms with Gasteiger partial charge in [-0.1, -0.05) is 23.7 Å². The normalized spacial score (nSPS) is 18.2. The number of rotatable bonds is 4. The molecule has 0 bridgehead atoms. The summed E-state index contributed by atoms with van der Waals surface area (Å²) < 4.78 is 5.41. The number of nitrogens with zero attached hydrogens (tertiary/aromatic N) is 2. The lowest BCUT2D eigenvalue weighted by atomic mass is 10.1. The van der Waals surface area contributed by atoms with Crippen molar-refractivity contribution in [3.05, 3.63) is 34.9 Å². The monoisotopic (exact) mass is 423 g/mol. The fourth-order valence-corrected chi connectivity index (χ4v) is 2.63. The number of ether oxygens (including phenoxy) is 1. The smallest absolute Gasteiger partial charge is 0.193 e. The summed E-state index contributed by atoms with van der Waals surface area (Å²) in [6.45, 7) is 3.43. The second kappa shape index (κ2) is 9.48. The molecule has 1 atom stereocenters. The fraction of sp³-hybridized carbons (Fsp3) is 0.533. The van der Waals surface area contributed by atoms with Gasteiger partial charge >= 0.3 is 0 Å². The fourth-order valence-electron chi connectivity index (χ4n) is 2.41. The SMILES string of the molecule is CN=C(NCc1cccc(Cl)c1)N(C)CC1CCOC1.I. The molecule has 1 unspecified atom stereocenters. The highest BCUT2D eigenvalue weighted by Gasteiger charge is 2.18. The van der Waals surface area contributed by atoms with Crippen LogP contribution in [0.3, 0.4) is 0 Å². The molecule has 0 amide bonds. The second-order valence-electron chi connectivity index (χ2n) is 5.14. The number of benzene rings is 1. The molecular formula is C15H23ClIN3O. The van der Waals surface area contributed by atoms with Gasteiger partial charge in [0.1, 0.15) is 0 Å². The van der Waals surface area contributed by atoms with Gasteiger partial charge in [0.25, 0.3) is 0 Å². The quantitative estimate of drug-likeness (QED) is 0.459. The van der Waals surface area contributed by atoms with Crippen LogP contribution >= 0.6 is 35.6 Å². The molecular weight excluding hydrogens is 401 g/mol. The average molecular weight is 424 g/mol. The van der Waals surface area contributed by atoms with Crippen molar-refractivity contribution in [1.29, 1.82) is 0 Å². The summed E-state index contributed by atoms with van der Waals surface area (Å²) in [5, 5.41) is 4.12. The van der Waals surface area contributed by atoms with Crippen molar-refractivity contribution in [3.8, 4) is 0 Å². The van der Waals surface area contributed by atoms with Crippen molar-refractivity contribution in [2.24, 2.45) is 10.9 Å². The number of halogens is 2. The van der Waals surface area contributed by atoms with Gasteiger partial charge in [-0.15, -0.1) is 24.0 Å². The Bertz CT molecular complexity index is 464. The predicted molar refractivity (Wildman–Crippen MR) is 98.6 cm³/mol. The van der Waals surface area contributed by atoms with Gasteiger partial charge in [-0.3, -0.25) is 4.99 Å². The third-order valence-electron chi connectivity index (χ3n) is 3.47. The zero-order chi connectivity index (χ0) is 14.4. The lowest BCUT2D eigenvalue weighted by molar-refractivity contribution is 0.181. The van der Waals surface area contributed by atoms with E-state index in [1.54, 1.807) is 0 Å². The first kappa shape index (κ1) is 18.5. The standard InChI is InChI=1S/C15H22ClN3O.HI/c1-17-15(19(2)10-13-6-7-20-11-13)18-9-12-4-3-5-14(16)8-12;/h3-5,8,13H,6-7,9-11H2,1-2H3,(H,17,18);1H. The van der Waals surface area contributed by atoms with E-state index in [0.29, 0.717) is 5.92 Å². The molecule has 1 aromatic carbocycles. The molecule has 1 N–H and O–H groups in total. The minimum atomic E-state index is 0. The Labute approximate surface area is 148 Å². The highest BCUT2D eigenvalue weighted by molar-refractivity contribution is 14.0. The summed E-state index contributed by atoms with van der Waals surface area (Å²) >= 11 is 5.99. The molecule has 1 aliphatic rings. The van der Waals surface area contributed by atoms with Crippen molar-refractivity contribution >= 4 is 41.5 Å². The third-order valence-corrected chi connectivity index (χ3v) is 3.70. The molecule has 1 aromatic rings. The van der Waals surface area contributed by atoms with E-state index in [9.17, 15) is 0 Å². The Balaban J connectivity index is 0.00000220. The molecule has 0 aliphatic carbocycles. The number of guanidine groups is 1. The maximum Gasteiger partial charge on any atom is 0.193 e. The van der Waals surface area contributed by atoms with E-state index < -0.39 is 0 Å². The van der Waals surface area contributed by atoms with Crippen molar-refractivity contribution in [3.63, 3.8) is 0 Å². The summed E-state index contributed by atoms with van der Waals surface area (Å²) in [4.78, 5) is 6.48. The Morgan fingerprint density at radius 3 is 2.95 bits per heavy atom. The first-order chi connectivity index (χ1) is 9.69. The lowest BCUT2D eigenvalue weighted by Crippen LogP contribution is -2.41. The molecule has 2 rings (SSSR count). The summed E-state index contributed by atoms with van der Waals surface area (Å²) in [6, 6.07) is 7.86. The van der Waals surface area contributed by atoms with E-state index in [2.05, 4.69) is 28.3 Å². The van der Waals surface area contributed by atoms with Crippen LogP contribution < -0.4 is 5.32 Å². The summed E-state index contributed by atoms with van der Waals surface area (Å²) in [5.41, 5.74) is 1.15. The maximum absolute atomic E-state index is 5.99. The number of nitrogens with one attached hydrogen (secondary N) is 1. The van der Waals surface area contributed by atoms with Crippen LogP contribution in [-0.2, 0) is 11.3 Å². The lowest BCUT2D eigenvalue weighted by Gasteiger charge is -2.24. The van der Waals surface area contributed by atoms with Crippen LogP contribution in [0.15, 0.2) is 29.3 Å². The van der Waals surface area contributed by atoms with Gasteiger partial charge in [0, 0.05) is 44.7 Å². The van der Waals surface area contributed by atoms with Crippen molar-refractivity contribution in [2.75, 3.05) is 33.9 Å². The molecule has 1 aliphatic heterocycles. The van der Waals surface area contributed by atoms with Gasteiger partial charge in [0.15, 0.2) is 5.96 Å². The zero-order valence-electron chi connectivity index (χ0n) is 12.5. The first-order valence-electron chi connectivity index (χ1n) is 6.93. The van der Waals surface area contributed by atoms with E-state index in [1.807, 2.05) is 25.2 Å². The van der Waals surface area contributed by atoms with Gasteiger partial charge in [0.05, 0.1) is 6.61 Å².